The van der Waals surface area contributed by atoms with E-state index in [9.17, 15) is 5.11 Å². The Morgan fingerprint density at radius 2 is 1.58 bits per heavy atom. The van der Waals surface area contributed by atoms with Crippen LogP contribution in [0.25, 0.3) is 0 Å². The van der Waals surface area contributed by atoms with E-state index in [1.807, 2.05) is 13.8 Å². The third-order valence-corrected chi connectivity index (χ3v) is 2.23. The SMILES string of the molecule is CC(C)(C)CC(O)C(C)(C)CN. The molecule has 0 fully saturated rings. The van der Waals surface area contributed by atoms with Gasteiger partial charge in [-0.05, 0) is 18.4 Å². The fraction of sp³-hybridized carbons (Fsp3) is 1.00. The lowest BCUT2D eigenvalue weighted by molar-refractivity contribution is 0.0228. The average molecular weight is 173 g/mol. The van der Waals surface area contributed by atoms with Crippen molar-refractivity contribution >= 4 is 0 Å². The van der Waals surface area contributed by atoms with Gasteiger partial charge in [0.25, 0.3) is 0 Å². The van der Waals surface area contributed by atoms with Gasteiger partial charge < -0.3 is 10.8 Å². The van der Waals surface area contributed by atoms with Crippen LogP contribution >= 0.6 is 0 Å². The molecule has 0 aliphatic rings. The molecule has 2 nitrogen and oxygen atoms in total. The van der Waals surface area contributed by atoms with Gasteiger partial charge in [-0.3, -0.25) is 0 Å². The van der Waals surface area contributed by atoms with Gasteiger partial charge in [-0.1, -0.05) is 34.6 Å². The van der Waals surface area contributed by atoms with Crippen LogP contribution in [-0.4, -0.2) is 17.8 Å². The Hall–Kier alpha value is -0.0800. The van der Waals surface area contributed by atoms with Gasteiger partial charge in [-0.2, -0.15) is 0 Å². The standard InChI is InChI=1S/C10H23NO/c1-9(2,3)6-8(12)10(4,5)7-11/h8,12H,6-7,11H2,1-5H3. The van der Waals surface area contributed by atoms with Crippen LogP contribution in [0.5, 0.6) is 0 Å². The molecule has 0 saturated carbocycles. The fourth-order valence-corrected chi connectivity index (χ4v) is 0.992. The summed E-state index contributed by atoms with van der Waals surface area (Å²) in [6.45, 7) is 10.9. The van der Waals surface area contributed by atoms with Gasteiger partial charge >= 0.3 is 0 Å². The van der Waals surface area contributed by atoms with Crippen molar-refractivity contribution in [2.24, 2.45) is 16.6 Å². The third kappa shape index (κ3) is 4.07. The van der Waals surface area contributed by atoms with Crippen molar-refractivity contribution < 1.29 is 5.11 Å². The van der Waals surface area contributed by atoms with Crippen LogP contribution in [-0.2, 0) is 0 Å². The molecule has 74 valence electrons. The van der Waals surface area contributed by atoms with Gasteiger partial charge in [0.15, 0.2) is 0 Å². The molecule has 0 aromatic carbocycles. The van der Waals surface area contributed by atoms with Crippen LogP contribution < -0.4 is 5.73 Å². The molecule has 0 saturated heterocycles. The number of hydrogen-bond donors (Lipinski definition) is 2. The highest BCUT2D eigenvalue weighted by atomic mass is 16.3. The minimum atomic E-state index is -0.303. The number of aliphatic hydroxyl groups is 1. The van der Waals surface area contributed by atoms with Gasteiger partial charge in [0.1, 0.15) is 0 Å². The summed E-state index contributed by atoms with van der Waals surface area (Å²) in [5.74, 6) is 0. The summed E-state index contributed by atoms with van der Waals surface area (Å²) in [6.07, 6.45) is 0.500. The molecular formula is C10H23NO. The topological polar surface area (TPSA) is 46.2 Å². The number of hydrogen-bond acceptors (Lipinski definition) is 2. The zero-order chi connectivity index (χ0) is 9.99. The van der Waals surface area contributed by atoms with Crippen LogP contribution in [0.1, 0.15) is 41.0 Å². The van der Waals surface area contributed by atoms with E-state index < -0.39 is 0 Å². The molecule has 0 aliphatic heterocycles. The second kappa shape index (κ2) is 3.75. The zero-order valence-electron chi connectivity index (χ0n) is 9.02. The Bertz CT molecular complexity index is 135. The second-order valence-electron chi connectivity index (χ2n) is 5.47. The first-order valence-corrected chi connectivity index (χ1v) is 4.57. The lowest BCUT2D eigenvalue weighted by Crippen LogP contribution is -2.38. The van der Waals surface area contributed by atoms with Crippen LogP contribution in [0.2, 0.25) is 0 Å². The van der Waals surface area contributed by atoms with E-state index in [1.54, 1.807) is 0 Å². The van der Waals surface area contributed by atoms with E-state index >= 15 is 0 Å². The first-order valence-electron chi connectivity index (χ1n) is 4.57. The molecule has 0 aromatic heterocycles. The minimum Gasteiger partial charge on any atom is -0.393 e. The molecule has 1 unspecified atom stereocenters. The predicted molar refractivity (Wildman–Crippen MR) is 52.9 cm³/mol. The van der Waals surface area contributed by atoms with Gasteiger partial charge in [-0.15, -0.1) is 0 Å². The van der Waals surface area contributed by atoms with Crippen LogP contribution in [0, 0.1) is 10.8 Å². The maximum absolute atomic E-state index is 9.83. The van der Waals surface area contributed by atoms with Crippen molar-refractivity contribution in [2.75, 3.05) is 6.54 Å². The molecule has 0 amide bonds. The maximum atomic E-state index is 9.83. The van der Waals surface area contributed by atoms with E-state index in [0.717, 1.165) is 6.42 Å². The molecule has 2 heteroatoms. The van der Waals surface area contributed by atoms with Gasteiger partial charge in [-0.25, -0.2) is 0 Å². The summed E-state index contributed by atoms with van der Waals surface area (Å²) < 4.78 is 0. The zero-order valence-corrected chi connectivity index (χ0v) is 9.02. The molecule has 0 aromatic rings. The highest BCUT2D eigenvalue weighted by molar-refractivity contribution is 4.82. The summed E-state index contributed by atoms with van der Waals surface area (Å²) >= 11 is 0. The predicted octanol–water partition coefficient (Wildman–Crippen LogP) is 1.77. The number of nitrogens with two attached hydrogens (primary N) is 1. The Labute approximate surface area is 76.2 Å². The lowest BCUT2D eigenvalue weighted by atomic mass is 9.77. The molecule has 0 spiro atoms. The first-order chi connectivity index (χ1) is 5.19. The van der Waals surface area contributed by atoms with Crippen LogP contribution in [0.4, 0.5) is 0 Å². The summed E-state index contributed by atoms with van der Waals surface area (Å²) in [5.41, 5.74) is 5.58. The minimum absolute atomic E-state index is 0.159. The molecule has 0 heterocycles. The van der Waals surface area contributed by atoms with E-state index in [0.29, 0.717) is 6.54 Å². The van der Waals surface area contributed by atoms with E-state index in [2.05, 4.69) is 20.8 Å². The highest BCUT2D eigenvalue weighted by Crippen LogP contribution is 2.29. The van der Waals surface area contributed by atoms with Crippen molar-refractivity contribution in [3.8, 4) is 0 Å². The third-order valence-electron chi connectivity index (χ3n) is 2.23. The van der Waals surface area contributed by atoms with Gasteiger partial charge in [0.05, 0.1) is 6.10 Å². The fourth-order valence-electron chi connectivity index (χ4n) is 0.992. The van der Waals surface area contributed by atoms with Crippen LogP contribution in [0.3, 0.4) is 0 Å². The molecular weight excluding hydrogens is 150 g/mol. The maximum Gasteiger partial charge on any atom is 0.0608 e. The number of aliphatic hydroxyl groups excluding tert-OH is 1. The summed E-state index contributed by atoms with van der Waals surface area (Å²) in [4.78, 5) is 0. The molecule has 1 atom stereocenters. The van der Waals surface area contributed by atoms with Crippen molar-refractivity contribution in [2.45, 2.75) is 47.1 Å². The van der Waals surface area contributed by atoms with E-state index in [1.165, 1.54) is 0 Å². The summed E-state index contributed by atoms with van der Waals surface area (Å²) in [6, 6.07) is 0. The molecule has 0 radical (unpaired) electrons. The smallest absolute Gasteiger partial charge is 0.0608 e. The Morgan fingerprint density at radius 1 is 1.17 bits per heavy atom. The normalized spacial score (nSPS) is 16.2. The first kappa shape index (κ1) is 11.9. The van der Waals surface area contributed by atoms with E-state index in [-0.39, 0.29) is 16.9 Å². The Kier molecular flexibility index (Phi) is 3.73. The van der Waals surface area contributed by atoms with Gasteiger partial charge in [0.2, 0.25) is 0 Å². The quantitative estimate of drug-likeness (QED) is 0.683. The lowest BCUT2D eigenvalue weighted by Gasteiger charge is -2.33. The van der Waals surface area contributed by atoms with Crippen LogP contribution in [0.15, 0.2) is 0 Å². The highest BCUT2D eigenvalue weighted by Gasteiger charge is 2.29. The largest absolute Gasteiger partial charge is 0.393 e. The van der Waals surface area contributed by atoms with Crippen molar-refractivity contribution in [3.05, 3.63) is 0 Å². The van der Waals surface area contributed by atoms with Crippen molar-refractivity contribution in [1.82, 2.24) is 0 Å². The average Bonchev–Trinajstić information content (AvgIpc) is 1.84. The van der Waals surface area contributed by atoms with Gasteiger partial charge in [0, 0.05) is 5.41 Å². The molecule has 3 N–H and O–H groups in total. The number of rotatable bonds is 3. The Morgan fingerprint density at radius 3 is 1.83 bits per heavy atom. The Balaban J connectivity index is 4.13. The molecule has 0 bridgehead atoms. The van der Waals surface area contributed by atoms with Crippen molar-refractivity contribution in [1.29, 1.82) is 0 Å². The molecule has 12 heavy (non-hydrogen) atoms. The summed E-state index contributed by atoms with van der Waals surface area (Å²) in [5, 5.41) is 9.83. The molecule has 0 rings (SSSR count). The monoisotopic (exact) mass is 173 g/mol. The van der Waals surface area contributed by atoms with E-state index in [4.69, 9.17) is 5.73 Å². The van der Waals surface area contributed by atoms with Crippen molar-refractivity contribution in [3.63, 3.8) is 0 Å². The summed E-state index contributed by atoms with van der Waals surface area (Å²) in [7, 11) is 0. The second-order valence-corrected chi connectivity index (χ2v) is 5.47. The molecule has 0 aliphatic carbocycles.